The summed E-state index contributed by atoms with van der Waals surface area (Å²) in [4.78, 5) is 24.4. The molecule has 0 fully saturated rings. The predicted octanol–water partition coefficient (Wildman–Crippen LogP) is 3.56. The molecule has 0 aliphatic carbocycles. The van der Waals surface area contributed by atoms with Crippen molar-refractivity contribution in [2.45, 2.75) is 33.6 Å². The number of hydrogen-bond acceptors (Lipinski definition) is 5. The van der Waals surface area contributed by atoms with Gasteiger partial charge in [0.15, 0.2) is 11.7 Å². The standard InChI is InChI=1S/C23H29N3O4S/c1-15(2)13-29-18-9-7-8-17(12-18)22(28)24-23(31)26-25-21(27)14-30-20-11-6-5-10-19(20)16(3)4/h5-12,15-16H,13-14H2,1-4H3,(H,25,27)(H2,24,26,28,31). The number of thiocarbonyl (C=S) groups is 1. The quantitative estimate of drug-likeness (QED) is 0.427. The molecule has 2 amide bonds. The molecule has 0 saturated carbocycles. The molecular weight excluding hydrogens is 414 g/mol. The molecule has 0 aliphatic heterocycles. The first kappa shape index (κ1) is 24.1. The SMILES string of the molecule is CC(C)COc1cccc(C(=O)NC(=S)NNC(=O)COc2ccccc2C(C)C)c1. The lowest BCUT2D eigenvalue weighted by molar-refractivity contribution is -0.123. The van der Waals surface area contributed by atoms with Crippen molar-refractivity contribution >= 4 is 29.1 Å². The van der Waals surface area contributed by atoms with Crippen molar-refractivity contribution in [3.05, 3.63) is 59.7 Å². The summed E-state index contributed by atoms with van der Waals surface area (Å²) in [6.45, 7) is 8.56. The van der Waals surface area contributed by atoms with Crippen LogP contribution in [0.3, 0.4) is 0 Å². The molecule has 0 saturated heterocycles. The fourth-order valence-electron chi connectivity index (χ4n) is 2.59. The van der Waals surface area contributed by atoms with E-state index in [0.717, 1.165) is 5.56 Å². The van der Waals surface area contributed by atoms with Crippen LogP contribution in [0.5, 0.6) is 11.5 Å². The van der Waals surface area contributed by atoms with Gasteiger partial charge in [-0.15, -0.1) is 0 Å². The minimum Gasteiger partial charge on any atom is -0.493 e. The Morgan fingerprint density at radius 1 is 0.968 bits per heavy atom. The second-order valence-corrected chi connectivity index (χ2v) is 8.08. The fourth-order valence-corrected chi connectivity index (χ4v) is 2.74. The first-order valence-electron chi connectivity index (χ1n) is 10.1. The van der Waals surface area contributed by atoms with Crippen molar-refractivity contribution in [1.82, 2.24) is 16.2 Å². The number of para-hydroxylation sites is 1. The highest BCUT2D eigenvalue weighted by Crippen LogP contribution is 2.25. The molecule has 8 heteroatoms. The van der Waals surface area contributed by atoms with Gasteiger partial charge in [0.1, 0.15) is 11.5 Å². The Labute approximate surface area is 188 Å². The molecule has 0 aliphatic rings. The van der Waals surface area contributed by atoms with Crippen molar-refractivity contribution in [3.8, 4) is 11.5 Å². The number of amides is 2. The third-order valence-corrected chi connectivity index (χ3v) is 4.33. The van der Waals surface area contributed by atoms with Gasteiger partial charge in [-0.05, 0) is 53.9 Å². The van der Waals surface area contributed by atoms with Gasteiger partial charge < -0.3 is 9.47 Å². The second-order valence-electron chi connectivity index (χ2n) is 7.67. The van der Waals surface area contributed by atoms with Gasteiger partial charge in [-0.1, -0.05) is 52.0 Å². The number of carbonyl (C=O) groups excluding carboxylic acids is 2. The highest BCUT2D eigenvalue weighted by Gasteiger charge is 2.12. The molecule has 0 atom stereocenters. The highest BCUT2D eigenvalue weighted by molar-refractivity contribution is 7.80. The Kier molecular flexibility index (Phi) is 9.27. The van der Waals surface area contributed by atoms with Crippen molar-refractivity contribution in [2.24, 2.45) is 5.92 Å². The van der Waals surface area contributed by atoms with Gasteiger partial charge in [-0.2, -0.15) is 0 Å². The lowest BCUT2D eigenvalue weighted by Crippen LogP contribution is -2.49. The molecule has 0 aromatic heterocycles. The maximum absolute atomic E-state index is 12.4. The van der Waals surface area contributed by atoms with E-state index in [1.165, 1.54) is 0 Å². The Bertz CT molecular complexity index is 915. The van der Waals surface area contributed by atoms with E-state index in [1.54, 1.807) is 24.3 Å². The largest absolute Gasteiger partial charge is 0.493 e. The molecule has 7 nitrogen and oxygen atoms in total. The number of carbonyl (C=O) groups is 2. The maximum Gasteiger partial charge on any atom is 0.276 e. The Balaban J connectivity index is 1.79. The number of nitrogens with one attached hydrogen (secondary N) is 3. The van der Waals surface area contributed by atoms with E-state index in [0.29, 0.717) is 29.6 Å². The molecule has 0 spiro atoms. The number of ether oxygens (including phenoxy) is 2. The summed E-state index contributed by atoms with van der Waals surface area (Å²) in [5.41, 5.74) is 6.32. The lowest BCUT2D eigenvalue weighted by atomic mass is 10.0. The predicted molar refractivity (Wildman–Crippen MR) is 124 cm³/mol. The van der Waals surface area contributed by atoms with Crippen LogP contribution in [0.15, 0.2) is 48.5 Å². The van der Waals surface area contributed by atoms with Crippen LogP contribution < -0.4 is 25.6 Å². The van der Waals surface area contributed by atoms with Gasteiger partial charge in [0.2, 0.25) is 0 Å². The molecule has 0 radical (unpaired) electrons. The molecule has 0 bridgehead atoms. The summed E-state index contributed by atoms with van der Waals surface area (Å²) < 4.78 is 11.2. The summed E-state index contributed by atoms with van der Waals surface area (Å²) in [7, 11) is 0. The van der Waals surface area contributed by atoms with Crippen LogP contribution in [0, 0.1) is 5.92 Å². The van der Waals surface area contributed by atoms with Crippen molar-refractivity contribution < 1.29 is 19.1 Å². The molecule has 2 aromatic rings. The molecule has 2 aromatic carbocycles. The normalized spacial score (nSPS) is 10.5. The summed E-state index contributed by atoms with van der Waals surface area (Å²) in [6, 6.07) is 14.4. The molecular formula is C23H29N3O4S. The van der Waals surface area contributed by atoms with E-state index >= 15 is 0 Å². The van der Waals surface area contributed by atoms with Crippen LogP contribution in [-0.4, -0.2) is 30.1 Å². The minimum absolute atomic E-state index is 0.0329. The highest BCUT2D eigenvalue weighted by atomic mass is 32.1. The van der Waals surface area contributed by atoms with E-state index < -0.39 is 11.8 Å². The second kappa shape index (κ2) is 11.9. The molecule has 0 unspecified atom stereocenters. The summed E-state index contributed by atoms with van der Waals surface area (Å²) in [5, 5.41) is 2.48. The van der Waals surface area contributed by atoms with Crippen molar-refractivity contribution in [1.29, 1.82) is 0 Å². The maximum atomic E-state index is 12.4. The zero-order valence-electron chi connectivity index (χ0n) is 18.2. The number of hydrogen-bond donors (Lipinski definition) is 3. The first-order chi connectivity index (χ1) is 14.8. The topological polar surface area (TPSA) is 88.7 Å². The Hall–Kier alpha value is -3.13. The van der Waals surface area contributed by atoms with Gasteiger partial charge in [0.05, 0.1) is 6.61 Å². The zero-order valence-corrected chi connectivity index (χ0v) is 19.0. The zero-order chi connectivity index (χ0) is 22.8. The molecule has 0 heterocycles. The fraction of sp³-hybridized carbons (Fsp3) is 0.348. The van der Waals surface area contributed by atoms with Crippen LogP contribution in [0.4, 0.5) is 0 Å². The monoisotopic (exact) mass is 443 g/mol. The van der Waals surface area contributed by atoms with Gasteiger partial charge in [-0.3, -0.25) is 25.8 Å². The smallest absolute Gasteiger partial charge is 0.276 e. The Morgan fingerprint density at radius 3 is 2.42 bits per heavy atom. The third kappa shape index (κ3) is 8.25. The van der Waals surface area contributed by atoms with E-state index in [-0.39, 0.29) is 17.6 Å². The molecule has 3 N–H and O–H groups in total. The number of rotatable bonds is 8. The van der Waals surface area contributed by atoms with Crippen LogP contribution >= 0.6 is 12.2 Å². The van der Waals surface area contributed by atoms with Gasteiger partial charge >= 0.3 is 0 Å². The lowest BCUT2D eigenvalue weighted by Gasteiger charge is -2.14. The molecule has 166 valence electrons. The minimum atomic E-state index is -0.431. The van der Waals surface area contributed by atoms with Crippen LogP contribution in [0.1, 0.15) is 49.5 Å². The first-order valence-corrected chi connectivity index (χ1v) is 10.5. The summed E-state index contributed by atoms with van der Waals surface area (Å²) in [5.74, 6) is 1.06. The van der Waals surface area contributed by atoms with Crippen LogP contribution in [0.25, 0.3) is 0 Å². The third-order valence-electron chi connectivity index (χ3n) is 4.12. The average Bonchev–Trinajstić information content (AvgIpc) is 2.75. The van der Waals surface area contributed by atoms with Crippen molar-refractivity contribution in [2.75, 3.05) is 13.2 Å². The van der Waals surface area contributed by atoms with E-state index in [9.17, 15) is 9.59 Å². The van der Waals surface area contributed by atoms with Crippen LogP contribution in [-0.2, 0) is 4.79 Å². The number of benzene rings is 2. The summed E-state index contributed by atoms with van der Waals surface area (Å²) >= 11 is 5.07. The number of hydrazine groups is 1. The van der Waals surface area contributed by atoms with Crippen LogP contribution in [0.2, 0.25) is 0 Å². The van der Waals surface area contributed by atoms with Gasteiger partial charge in [-0.25, -0.2) is 0 Å². The summed E-state index contributed by atoms with van der Waals surface area (Å²) in [6.07, 6.45) is 0. The van der Waals surface area contributed by atoms with Gasteiger partial charge in [0, 0.05) is 5.56 Å². The van der Waals surface area contributed by atoms with E-state index in [4.69, 9.17) is 21.7 Å². The molecule has 31 heavy (non-hydrogen) atoms. The molecule has 2 rings (SSSR count). The van der Waals surface area contributed by atoms with E-state index in [2.05, 4.69) is 30.0 Å². The van der Waals surface area contributed by atoms with E-state index in [1.807, 2.05) is 38.1 Å². The van der Waals surface area contributed by atoms with Crippen molar-refractivity contribution in [3.63, 3.8) is 0 Å². The Morgan fingerprint density at radius 2 is 1.71 bits per heavy atom. The van der Waals surface area contributed by atoms with Gasteiger partial charge in [0.25, 0.3) is 11.8 Å². The average molecular weight is 444 g/mol.